The average molecular weight is 268 g/mol. The second kappa shape index (κ2) is 8.27. The van der Waals surface area contributed by atoms with Crippen LogP contribution in [0.15, 0.2) is 6.33 Å². The van der Waals surface area contributed by atoms with Gasteiger partial charge in [0.25, 0.3) is 0 Å². The number of hydrogen-bond acceptors (Lipinski definition) is 4. The molecule has 0 aliphatic rings. The fraction of sp³-hybridized carbons (Fsp3) is 0.857. The van der Waals surface area contributed by atoms with Crippen LogP contribution >= 0.6 is 0 Å². The summed E-state index contributed by atoms with van der Waals surface area (Å²) in [5.74, 6) is 1.65. The van der Waals surface area contributed by atoms with Crippen LogP contribution in [0.4, 0.5) is 0 Å². The molecule has 5 heteroatoms. The zero-order chi connectivity index (χ0) is 14.3. The van der Waals surface area contributed by atoms with Gasteiger partial charge in [-0.1, -0.05) is 13.8 Å². The van der Waals surface area contributed by atoms with Gasteiger partial charge in [0.05, 0.1) is 6.10 Å². The molecule has 0 spiro atoms. The van der Waals surface area contributed by atoms with E-state index in [1.54, 1.807) is 13.4 Å². The summed E-state index contributed by atoms with van der Waals surface area (Å²) in [6.07, 6.45) is 5.02. The minimum absolute atomic E-state index is 0.310. The zero-order valence-electron chi connectivity index (χ0n) is 12.9. The number of aromatic nitrogens is 3. The summed E-state index contributed by atoms with van der Waals surface area (Å²) in [6.45, 7) is 7.43. The molecular formula is C14H28N4O. The smallest absolute Gasteiger partial charge is 0.138 e. The number of nitrogens with zero attached hydrogens (tertiary/aromatic N) is 3. The van der Waals surface area contributed by atoms with E-state index in [0.29, 0.717) is 18.1 Å². The van der Waals surface area contributed by atoms with Crippen LogP contribution < -0.4 is 5.32 Å². The van der Waals surface area contributed by atoms with Crippen LogP contribution in [0, 0.1) is 5.92 Å². The Morgan fingerprint density at radius 2 is 2.05 bits per heavy atom. The Bertz CT molecular complexity index is 351. The van der Waals surface area contributed by atoms with Gasteiger partial charge in [0, 0.05) is 26.1 Å². The van der Waals surface area contributed by atoms with Crippen molar-refractivity contribution in [2.45, 2.75) is 58.7 Å². The molecule has 1 N–H and O–H groups in total. The maximum atomic E-state index is 5.30. The van der Waals surface area contributed by atoms with E-state index in [0.717, 1.165) is 31.6 Å². The molecule has 0 amide bonds. The summed E-state index contributed by atoms with van der Waals surface area (Å²) in [4.78, 5) is 4.38. The third-order valence-electron chi connectivity index (χ3n) is 3.40. The topological polar surface area (TPSA) is 52.0 Å². The van der Waals surface area contributed by atoms with Crippen molar-refractivity contribution in [1.29, 1.82) is 0 Å². The van der Waals surface area contributed by atoms with Crippen molar-refractivity contribution in [3.8, 4) is 0 Å². The van der Waals surface area contributed by atoms with Gasteiger partial charge in [-0.2, -0.15) is 5.10 Å². The molecule has 2 atom stereocenters. The van der Waals surface area contributed by atoms with Gasteiger partial charge >= 0.3 is 0 Å². The molecule has 0 radical (unpaired) electrons. The first-order chi connectivity index (χ1) is 9.06. The fourth-order valence-electron chi connectivity index (χ4n) is 2.07. The number of rotatable bonds is 9. The molecule has 1 aromatic heterocycles. The fourth-order valence-corrected chi connectivity index (χ4v) is 2.07. The van der Waals surface area contributed by atoms with Crippen LogP contribution in [0.5, 0.6) is 0 Å². The highest BCUT2D eigenvalue weighted by molar-refractivity contribution is 4.90. The molecule has 0 fully saturated rings. The second-order valence-electron chi connectivity index (χ2n) is 5.57. The van der Waals surface area contributed by atoms with Gasteiger partial charge in [-0.15, -0.1) is 0 Å². The third-order valence-corrected chi connectivity index (χ3v) is 3.40. The molecule has 5 nitrogen and oxygen atoms in total. The first-order valence-electron chi connectivity index (χ1n) is 7.13. The summed E-state index contributed by atoms with van der Waals surface area (Å²) >= 11 is 0. The molecule has 0 aliphatic heterocycles. The van der Waals surface area contributed by atoms with E-state index in [-0.39, 0.29) is 0 Å². The Hall–Kier alpha value is -0.940. The van der Waals surface area contributed by atoms with Crippen molar-refractivity contribution in [2.24, 2.45) is 5.92 Å². The molecule has 19 heavy (non-hydrogen) atoms. The Kier molecular flexibility index (Phi) is 7.02. The number of likely N-dealkylation sites (N-methyl/N-ethyl adjacent to an activating group) is 1. The van der Waals surface area contributed by atoms with Crippen LogP contribution in [-0.4, -0.2) is 41.1 Å². The molecule has 0 bridgehead atoms. The van der Waals surface area contributed by atoms with Gasteiger partial charge in [-0.05, 0) is 32.7 Å². The Balaban J connectivity index is 2.53. The molecule has 2 unspecified atom stereocenters. The molecule has 0 aliphatic carbocycles. The van der Waals surface area contributed by atoms with Crippen molar-refractivity contribution in [2.75, 3.05) is 14.2 Å². The predicted octanol–water partition coefficient (Wildman–Crippen LogP) is 1.88. The first kappa shape index (κ1) is 16.1. The van der Waals surface area contributed by atoms with E-state index in [4.69, 9.17) is 4.74 Å². The summed E-state index contributed by atoms with van der Waals surface area (Å²) in [6, 6.07) is 0.424. The maximum Gasteiger partial charge on any atom is 0.138 e. The van der Waals surface area contributed by atoms with E-state index in [1.807, 2.05) is 11.7 Å². The van der Waals surface area contributed by atoms with Gasteiger partial charge in [0.1, 0.15) is 12.2 Å². The Morgan fingerprint density at radius 3 is 2.63 bits per heavy atom. The molecule has 1 aromatic rings. The summed E-state index contributed by atoms with van der Waals surface area (Å²) in [7, 11) is 3.77. The molecule has 1 rings (SSSR count). The molecule has 1 heterocycles. The Labute approximate surface area is 116 Å². The molecule has 0 saturated carbocycles. The lowest BCUT2D eigenvalue weighted by Gasteiger charge is -2.18. The van der Waals surface area contributed by atoms with Crippen LogP contribution in [-0.2, 0) is 17.7 Å². The number of ether oxygens (including phenoxy) is 1. The van der Waals surface area contributed by atoms with Gasteiger partial charge in [0.15, 0.2) is 0 Å². The predicted molar refractivity (Wildman–Crippen MR) is 77.1 cm³/mol. The van der Waals surface area contributed by atoms with Crippen LogP contribution in [0.1, 0.15) is 39.4 Å². The highest BCUT2D eigenvalue weighted by Gasteiger charge is 2.14. The van der Waals surface area contributed by atoms with E-state index in [1.165, 1.54) is 0 Å². The highest BCUT2D eigenvalue weighted by Crippen LogP contribution is 2.09. The first-order valence-corrected chi connectivity index (χ1v) is 7.13. The number of nitrogens with one attached hydrogen (secondary N) is 1. The van der Waals surface area contributed by atoms with Crippen LogP contribution in [0.25, 0.3) is 0 Å². The van der Waals surface area contributed by atoms with Crippen molar-refractivity contribution in [3.63, 3.8) is 0 Å². The minimum atomic E-state index is 0.310. The lowest BCUT2D eigenvalue weighted by molar-refractivity contribution is 0.106. The monoisotopic (exact) mass is 268 g/mol. The second-order valence-corrected chi connectivity index (χ2v) is 5.57. The summed E-state index contributed by atoms with van der Waals surface area (Å²) < 4.78 is 7.32. The van der Waals surface area contributed by atoms with E-state index >= 15 is 0 Å². The lowest BCUT2D eigenvalue weighted by Crippen LogP contribution is -2.30. The van der Waals surface area contributed by atoms with E-state index in [9.17, 15) is 0 Å². The standard InChI is InChI=1S/C14H28N4O/c1-11(2)9-18-14(16-10-17-18)8-13(15-4)7-6-12(3)19-5/h10-13,15H,6-9H2,1-5H3. The van der Waals surface area contributed by atoms with E-state index in [2.05, 4.69) is 36.2 Å². The van der Waals surface area contributed by atoms with Crippen LogP contribution in [0.2, 0.25) is 0 Å². The molecule has 0 aromatic carbocycles. The summed E-state index contributed by atoms with van der Waals surface area (Å²) in [5, 5.41) is 7.67. The van der Waals surface area contributed by atoms with E-state index < -0.39 is 0 Å². The quantitative estimate of drug-likeness (QED) is 0.743. The molecular weight excluding hydrogens is 240 g/mol. The van der Waals surface area contributed by atoms with Gasteiger partial charge in [0.2, 0.25) is 0 Å². The zero-order valence-corrected chi connectivity index (χ0v) is 12.9. The SMILES string of the molecule is CNC(CCC(C)OC)Cc1ncnn1CC(C)C. The molecule has 0 saturated heterocycles. The largest absolute Gasteiger partial charge is 0.382 e. The number of methoxy groups -OCH3 is 1. The number of hydrogen-bond donors (Lipinski definition) is 1. The summed E-state index contributed by atoms with van der Waals surface area (Å²) in [5.41, 5.74) is 0. The minimum Gasteiger partial charge on any atom is -0.382 e. The van der Waals surface area contributed by atoms with Gasteiger partial charge < -0.3 is 10.1 Å². The average Bonchev–Trinajstić information content (AvgIpc) is 2.80. The van der Waals surface area contributed by atoms with Gasteiger partial charge in [-0.3, -0.25) is 0 Å². The van der Waals surface area contributed by atoms with Gasteiger partial charge in [-0.25, -0.2) is 9.67 Å². The third kappa shape index (κ3) is 5.70. The van der Waals surface area contributed by atoms with Crippen molar-refractivity contribution >= 4 is 0 Å². The van der Waals surface area contributed by atoms with Crippen LogP contribution in [0.3, 0.4) is 0 Å². The van der Waals surface area contributed by atoms with Crippen molar-refractivity contribution in [1.82, 2.24) is 20.1 Å². The lowest BCUT2D eigenvalue weighted by atomic mass is 10.1. The normalized spacial score (nSPS) is 14.8. The molecule has 110 valence electrons. The van der Waals surface area contributed by atoms with Crippen molar-refractivity contribution in [3.05, 3.63) is 12.2 Å². The maximum absolute atomic E-state index is 5.30. The Morgan fingerprint density at radius 1 is 1.32 bits per heavy atom. The highest BCUT2D eigenvalue weighted by atomic mass is 16.5. The van der Waals surface area contributed by atoms with Crippen molar-refractivity contribution < 1.29 is 4.74 Å².